The number of rotatable bonds is 13. The first-order valence-electron chi connectivity index (χ1n) is 20.8. The number of aryl methyl sites for hydroxylation is 6. The van der Waals surface area contributed by atoms with Crippen molar-refractivity contribution < 1.29 is 234 Å². The standard InChI is InChI=1S/C12H15.3C12H12.C11H11NO.7Y/c2*1-4-10-7-11(5-2)9-12(6-3)8-10;2*1-4-10-7-8-11(5-2)12(6-3)9-10;1-3-8-4-5-9-10(6-8)7(2)12-11(9)13;;;;;;;/h7-9H,1,5-6H2,2-3H3;7-9H,1-2,6H2,3H3;7-9H,2-4H2,1H3;7-9H,1-2,6H2,3H3;4-6H,2-3H2,1H3,(H,12,13);;;;;;;/q-1;3*-2;;;;;;;;. The third-order valence-corrected chi connectivity index (χ3v) is 9.96. The van der Waals surface area contributed by atoms with Gasteiger partial charge in [-0.1, -0.05) is 73.1 Å². The number of carbonyl (C=O) groups excluding carboxylic acids is 1. The molecule has 0 aromatic heterocycles. The monoisotopic (exact) mass is 1420 g/mol. The van der Waals surface area contributed by atoms with Gasteiger partial charge in [0, 0.05) is 246 Å². The molecule has 7 radical (unpaired) electrons. The molecule has 5 aromatic carbocycles. The summed E-state index contributed by atoms with van der Waals surface area (Å²) in [6.45, 7) is 41.9. The molecule has 1 N–H and O–H groups in total. The number of fused-ring (bicyclic) bond motifs is 1. The molecule has 0 fully saturated rings. The van der Waals surface area contributed by atoms with Crippen molar-refractivity contribution in [1.82, 2.24) is 5.32 Å². The quantitative estimate of drug-likeness (QED) is 0.117. The summed E-state index contributed by atoms with van der Waals surface area (Å²) in [5.74, 6) is -0.0392. The number of amides is 1. The van der Waals surface area contributed by atoms with Gasteiger partial charge in [-0.15, -0.1) is 22.8 Å². The van der Waals surface area contributed by atoms with Crippen LogP contribution >= 0.6 is 0 Å². The Bertz CT molecular complexity index is 2300. The molecule has 6 rings (SSSR count). The van der Waals surface area contributed by atoms with Gasteiger partial charge >= 0.3 is 0 Å². The van der Waals surface area contributed by atoms with Gasteiger partial charge in [0.25, 0.3) is 5.91 Å². The minimum atomic E-state index is -0.0392. The molecule has 2 nitrogen and oxygen atoms in total. The van der Waals surface area contributed by atoms with E-state index in [0.717, 1.165) is 94.3 Å². The molecule has 68 heavy (non-hydrogen) atoms. The molecule has 0 aliphatic carbocycles. The van der Waals surface area contributed by atoms with E-state index < -0.39 is 0 Å². The SMILES string of the molecule is C=C1NC(=O)c2ccc(CC)cc21.C=[C-]c1cc(CC)cc(CC)c1.C=[C-]c1cc([C-]=C)cc(CC)c1.C=[C-]c1ccc(CC)cc1[C-]=C.C=[C-]c1ccc([C-]=C)c(CC)c1.[Y].[Y].[Y].[Y].[Y].[Y].[Y]. The van der Waals surface area contributed by atoms with E-state index in [1.54, 1.807) is 0 Å². The molecular formula is C59H62NOY7-7. The molecule has 0 spiro atoms. The second kappa shape index (κ2) is 46.7. The van der Waals surface area contributed by atoms with Crippen LogP contribution in [0.3, 0.4) is 0 Å². The zero-order chi connectivity index (χ0) is 45.3. The van der Waals surface area contributed by atoms with E-state index in [0.29, 0.717) is 0 Å². The van der Waals surface area contributed by atoms with E-state index in [2.05, 4.69) is 191 Å². The molecule has 0 bridgehead atoms. The van der Waals surface area contributed by atoms with Gasteiger partial charge in [0.2, 0.25) is 0 Å². The Morgan fingerprint density at radius 1 is 0.368 bits per heavy atom. The fourth-order valence-electron chi connectivity index (χ4n) is 6.18. The van der Waals surface area contributed by atoms with Crippen molar-refractivity contribution in [2.24, 2.45) is 0 Å². The Morgan fingerprint density at radius 2 is 0.765 bits per heavy atom. The van der Waals surface area contributed by atoms with E-state index in [1.165, 1.54) is 33.4 Å². The Kier molecular flexibility index (Phi) is 55.4. The number of hydrogen-bond acceptors (Lipinski definition) is 1. The Balaban J connectivity index is -0.000000172. The third kappa shape index (κ3) is 28.2. The van der Waals surface area contributed by atoms with Gasteiger partial charge in [0.1, 0.15) is 0 Å². The Morgan fingerprint density at radius 3 is 1.18 bits per heavy atom. The average Bonchev–Trinajstić information content (AvgIpc) is 3.62. The average molecular weight is 1420 g/mol. The summed E-state index contributed by atoms with van der Waals surface area (Å²) in [5, 5.41) is 2.70. The summed E-state index contributed by atoms with van der Waals surface area (Å²) in [6, 6.07) is 30.7. The number of carbonyl (C=O) groups is 1. The van der Waals surface area contributed by atoms with E-state index in [-0.39, 0.29) is 235 Å². The van der Waals surface area contributed by atoms with Gasteiger partial charge in [-0.3, -0.25) is 28.1 Å². The van der Waals surface area contributed by atoms with Gasteiger partial charge < -0.3 is 5.32 Å². The molecule has 1 aliphatic heterocycles. The number of hydrogen-bond donors (Lipinski definition) is 1. The van der Waals surface area contributed by atoms with Crippen molar-refractivity contribution in [3.63, 3.8) is 0 Å². The van der Waals surface area contributed by atoms with Crippen molar-refractivity contribution in [2.45, 2.75) is 80.1 Å². The molecule has 1 heterocycles. The molecule has 9 heteroatoms. The van der Waals surface area contributed by atoms with Crippen molar-refractivity contribution in [3.8, 4) is 0 Å². The smallest absolute Gasteiger partial charge is 0.256 e. The van der Waals surface area contributed by atoms with Crippen LogP contribution < -0.4 is 5.32 Å². The Hall–Kier alpha value is 1.22. The summed E-state index contributed by atoms with van der Waals surface area (Å²) >= 11 is 0. The third-order valence-electron chi connectivity index (χ3n) is 9.96. The molecule has 1 aliphatic rings. The molecule has 0 atom stereocenters. The van der Waals surface area contributed by atoms with Gasteiger partial charge in [-0.25, -0.2) is 47.0 Å². The number of nitrogens with one attached hydrogen (secondary N) is 1. The van der Waals surface area contributed by atoms with Crippen LogP contribution in [0.15, 0.2) is 144 Å². The first-order valence-corrected chi connectivity index (χ1v) is 20.8. The molecule has 0 saturated heterocycles. The van der Waals surface area contributed by atoms with Crippen LogP contribution in [0.25, 0.3) is 5.70 Å². The van der Waals surface area contributed by atoms with Gasteiger partial charge in [-0.2, -0.15) is 129 Å². The second-order valence-electron chi connectivity index (χ2n) is 13.9. The fraction of sp³-hybridized carbons (Fsp3) is 0.203. The van der Waals surface area contributed by atoms with Crippen LogP contribution in [-0.2, 0) is 267 Å². The maximum Gasteiger partial charge on any atom is 0.256 e. The van der Waals surface area contributed by atoms with Crippen LogP contribution in [0.2, 0.25) is 0 Å². The van der Waals surface area contributed by atoms with Crippen molar-refractivity contribution in [1.29, 1.82) is 0 Å². The predicted octanol–water partition coefficient (Wildman–Crippen LogP) is 13.9. The van der Waals surface area contributed by atoms with E-state index >= 15 is 0 Å². The van der Waals surface area contributed by atoms with E-state index in [9.17, 15) is 4.79 Å². The summed E-state index contributed by atoms with van der Waals surface area (Å²) in [6.07, 6.45) is 26.3. The zero-order valence-corrected chi connectivity index (χ0v) is 61.4. The van der Waals surface area contributed by atoms with Crippen LogP contribution in [0.4, 0.5) is 0 Å². The minimum absolute atomic E-state index is 0. The maximum atomic E-state index is 11.3. The normalized spacial score (nSPS) is 9.44. The van der Waals surface area contributed by atoms with E-state index in [4.69, 9.17) is 0 Å². The van der Waals surface area contributed by atoms with Crippen molar-refractivity contribution >= 4 is 11.6 Å². The van der Waals surface area contributed by atoms with Crippen molar-refractivity contribution in [2.75, 3.05) is 0 Å². The van der Waals surface area contributed by atoms with Crippen LogP contribution in [0.5, 0.6) is 0 Å². The van der Waals surface area contributed by atoms with Gasteiger partial charge in [0.05, 0.1) is 0 Å². The van der Waals surface area contributed by atoms with Crippen molar-refractivity contribution in [3.05, 3.63) is 270 Å². The molecule has 5 aromatic rings. The number of benzene rings is 5. The minimum Gasteiger partial charge on any atom is -0.322 e. The second-order valence-corrected chi connectivity index (χ2v) is 13.9. The van der Waals surface area contributed by atoms with Crippen LogP contribution in [0, 0.1) is 42.5 Å². The summed E-state index contributed by atoms with van der Waals surface area (Å²) in [5.41, 5.74) is 17.4. The zero-order valence-electron chi connectivity index (χ0n) is 41.5. The van der Waals surface area contributed by atoms with Crippen LogP contribution in [-0.4, -0.2) is 5.91 Å². The fourth-order valence-corrected chi connectivity index (χ4v) is 6.18. The van der Waals surface area contributed by atoms with Crippen LogP contribution in [0.1, 0.15) is 130 Å². The first kappa shape index (κ1) is 80.6. The topological polar surface area (TPSA) is 29.1 Å². The predicted molar refractivity (Wildman–Crippen MR) is 261 cm³/mol. The molecule has 0 unspecified atom stereocenters. The molecular weight excluding hydrogens is 1360 g/mol. The summed E-state index contributed by atoms with van der Waals surface area (Å²) in [7, 11) is 0. The molecule has 1 amide bonds. The van der Waals surface area contributed by atoms with E-state index in [1.807, 2.05) is 42.5 Å². The molecule has 337 valence electrons. The maximum absolute atomic E-state index is 11.3. The summed E-state index contributed by atoms with van der Waals surface area (Å²) in [4.78, 5) is 11.3. The Labute approximate surface area is 589 Å². The summed E-state index contributed by atoms with van der Waals surface area (Å²) < 4.78 is 0. The van der Waals surface area contributed by atoms with Gasteiger partial charge in [-0.05, 0) is 43.4 Å². The van der Waals surface area contributed by atoms with Gasteiger partial charge in [0.15, 0.2) is 0 Å². The largest absolute Gasteiger partial charge is 0.322 e. The first-order chi connectivity index (χ1) is 29.4. The molecule has 0 saturated carbocycles.